The number of guanidine groups is 1. The fraction of sp³-hybridized carbons (Fsp3) is 0.600. The minimum Gasteiger partial charge on any atom is -0.357 e. The Kier molecular flexibility index (Phi) is 6.57. The van der Waals surface area contributed by atoms with Gasteiger partial charge in [-0.2, -0.15) is 0 Å². The quantitative estimate of drug-likeness (QED) is 0.526. The molecule has 1 saturated carbocycles. The number of halogens is 1. The zero-order valence-corrected chi connectivity index (χ0v) is 17.1. The van der Waals surface area contributed by atoms with Gasteiger partial charge < -0.3 is 15.5 Å². The van der Waals surface area contributed by atoms with Crippen molar-refractivity contribution in [3.05, 3.63) is 34.3 Å². The van der Waals surface area contributed by atoms with Gasteiger partial charge in [0.15, 0.2) is 5.96 Å². The molecule has 0 radical (unpaired) electrons. The Balaban J connectivity index is 1.54. The summed E-state index contributed by atoms with van der Waals surface area (Å²) in [5.74, 6) is 1.05. The van der Waals surface area contributed by atoms with Crippen LogP contribution in [0.25, 0.3) is 0 Å². The molecule has 0 atom stereocenters. The molecule has 6 heteroatoms. The Morgan fingerprint density at radius 3 is 2.62 bits per heavy atom. The van der Waals surface area contributed by atoms with Crippen LogP contribution in [0.5, 0.6) is 0 Å². The van der Waals surface area contributed by atoms with E-state index in [-0.39, 0.29) is 11.3 Å². The molecule has 0 spiro atoms. The Bertz CT molecular complexity index is 651. The predicted octanol–water partition coefficient (Wildman–Crippen LogP) is 3.05. The lowest BCUT2D eigenvalue weighted by Crippen LogP contribution is -2.40. The molecule has 2 fully saturated rings. The first-order valence-electron chi connectivity index (χ1n) is 9.69. The number of carbonyl (C=O) groups excluding carboxylic acids is 1. The second-order valence-corrected chi connectivity index (χ2v) is 8.07. The van der Waals surface area contributed by atoms with Gasteiger partial charge in [0.1, 0.15) is 0 Å². The van der Waals surface area contributed by atoms with Crippen LogP contribution in [-0.4, -0.2) is 49.5 Å². The lowest BCUT2D eigenvalue weighted by molar-refractivity contribution is -0.129. The highest BCUT2D eigenvalue weighted by atomic mass is 79.9. The summed E-state index contributed by atoms with van der Waals surface area (Å²) in [7, 11) is 0. The summed E-state index contributed by atoms with van der Waals surface area (Å²) in [6.45, 7) is 6.11. The second-order valence-electron chi connectivity index (χ2n) is 7.22. The third kappa shape index (κ3) is 4.78. The summed E-state index contributed by atoms with van der Waals surface area (Å²) in [6.07, 6.45) is 5.15. The van der Waals surface area contributed by atoms with Crippen molar-refractivity contribution < 1.29 is 4.79 Å². The third-order valence-electron chi connectivity index (χ3n) is 5.27. The van der Waals surface area contributed by atoms with Crippen LogP contribution in [0, 0.1) is 0 Å². The number of hydrogen-bond donors (Lipinski definition) is 2. The van der Waals surface area contributed by atoms with Crippen LogP contribution in [0.4, 0.5) is 0 Å². The molecule has 1 heterocycles. The summed E-state index contributed by atoms with van der Waals surface area (Å²) in [6, 6.07) is 8.45. The largest absolute Gasteiger partial charge is 0.357 e. The lowest BCUT2D eigenvalue weighted by atomic mass is 9.96. The zero-order valence-electron chi connectivity index (χ0n) is 15.6. The molecule has 142 valence electrons. The first-order chi connectivity index (χ1) is 12.6. The summed E-state index contributed by atoms with van der Waals surface area (Å²) in [5.41, 5.74) is 1.51. The second kappa shape index (κ2) is 8.89. The maximum atomic E-state index is 12.2. The zero-order chi connectivity index (χ0) is 18.4. The third-order valence-corrected chi connectivity index (χ3v) is 5.96. The Morgan fingerprint density at radius 2 is 1.96 bits per heavy atom. The van der Waals surface area contributed by atoms with Crippen LogP contribution in [-0.2, 0) is 10.2 Å². The molecule has 26 heavy (non-hydrogen) atoms. The minimum absolute atomic E-state index is 0.161. The molecule has 1 aromatic rings. The number of likely N-dealkylation sites (tertiary alicyclic amines) is 1. The van der Waals surface area contributed by atoms with Gasteiger partial charge in [-0.15, -0.1) is 0 Å². The van der Waals surface area contributed by atoms with Gasteiger partial charge in [-0.05, 0) is 44.2 Å². The topological polar surface area (TPSA) is 56.7 Å². The molecule has 0 bridgehead atoms. The predicted molar refractivity (Wildman–Crippen MR) is 109 cm³/mol. The summed E-state index contributed by atoms with van der Waals surface area (Å²) in [4.78, 5) is 18.9. The molecule has 0 aromatic heterocycles. The van der Waals surface area contributed by atoms with Gasteiger partial charge in [0.2, 0.25) is 5.91 Å². The molecule has 3 rings (SSSR count). The molecule has 5 nitrogen and oxygen atoms in total. The Labute approximate surface area is 164 Å². The van der Waals surface area contributed by atoms with Crippen molar-refractivity contribution in [3.63, 3.8) is 0 Å². The molecule has 0 unspecified atom stereocenters. The number of aliphatic imine (C=N–C) groups is 1. The van der Waals surface area contributed by atoms with Gasteiger partial charge in [-0.25, -0.2) is 0 Å². The molecule has 2 N–H and O–H groups in total. The van der Waals surface area contributed by atoms with Crippen LogP contribution in [0.1, 0.15) is 44.6 Å². The summed E-state index contributed by atoms with van der Waals surface area (Å²) >= 11 is 3.68. The van der Waals surface area contributed by atoms with E-state index < -0.39 is 0 Å². The molecule has 1 aromatic carbocycles. The molecule has 1 amide bonds. The highest BCUT2D eigenvalue weighted by Crippen LogP contribution is 2.50. The number of carbonyl (C=O) groups is 1. The van der Waals surface area contributed by atoms with E-state index in [4.69, 9.17) is 4.99 Å². The lowest BCUT2D eigenvalue weighted by Gasteiger charge is -2.18. The van der Waals surface area contributed by atoms with Crippen LogP contribution in [0.2, 0.25) is 0 Å². The monoisotopic (exact) mass is 420 g/mol. The van der Waals surface area contributed by atoms with Crippen LogP contribution >= 0.6 is 15.9 Å². The molecular weight excluding hydrogens is 392 g/mol. The molecule has 1 saturated heterocycles. The van der Waals surface area contributed by atoms with Gasteiger partial charge in [-0.3, -0.25) is 9.79 Å². The van der Waals surface area contributed by atoms with Crippen LogP contribution < -0.4 is 10.6 Å². The fourth-order valence-electron chi connectivity index (χ4n) is 3.54. The average Bonchev–Trinajstić information content (AvgIpc) is 3.22. The normalized spacial score (nSPS) is 18.7. The number of nitrogens with zero attached hydrogens (tertiary/aromatic N) is 2. The van der Waals surface area contributed by atoms with E-state index in [0.29, 0.717) is 13.0 Å². The van der Waals surface area contributed by atoms with Crippen molar-refractivity contribution in [1.29, 1.82) is 0 Å². The van der Waals surface area contributed by atoms with Crippen molar-refractivity contribution in [1.82, 2.24) is 15.5 Å². The minimum atomic E-state index is 0.161. The van der Waals surface area contributed by atoms with E-state index in [9.17, 15) is 4.79 Å². The Hall–Kier alpha value is -1.56. The number of benzene rings is 1. The molecule has 1 aliphatic carbocycles. The van der Waals surface area contributed by atoms with Gasteiger partial charge in [0.05, 0.1) is 6.54 Å². The van der Waals surface area contributed by atoms with Gasteiger partial charge in [-0.1, -0.05) is 34.1 Å². The van der Waals surface area contributed by atoms with Gasteiger partial charge in [0.25, 0.3) is 0 Å². The number of hydrogen-bond acceptors (Lipinski definition) is 2. The number of rotatable bonds is 7. The van der Waals surface area contributed by atoms with Crippen molar-refractivity contribution in [3.8, 4) is 0 Å². The maximum absolute atomic E-state index is 12.2. The van der Waals surface area contributed by atoms with Crippen LogP contribution in [0.3, 0.4) is 0 Å². The van der Waals surface area contributed by atoms with Gasteiger partial charge >= 0.3 is 0 Å². The fourth-order valence-corrected chi connectivity index (χ4v) is 4.24. The van der Waals surface area contributed by atoms with E-state index in [1.165, 1.54) is 22.9 Å². The number of amides is 1. The maximum Gasteiger partial charge on any atom is 0.224 e. The van der Waals surface area contributed by atoms with Crippen molar-refractivity contribution in [2.24, 2.45) is 4.99 Å². The molecule has 2 aliphatic rings. The molecular formula is C20H29BrN4O. The van der Waals surface area contributed by atoms with Crippen molar-refractivity contribution in [2.45, 2.75) is 44.4 Å². The van der Waals surface area contributed by atoms with E-state index in [1.54, 1.807) is 0 Å². The van der Waals surface area contributed by atoms with E-state index >= 15 is 0 Å². The van der Waals surface area contributed by atoms with Crippen LogP contribution in [0.15, 0.2) is 33.7 Å². The first kappa shape index (κ1) is 19.2. The SMILES string of the molecule is CCNC(=NCC1(c2ccccc2Br)CC1)NCCC(=O)N1CCCC1. The van der Waals surface area contributed by atoms with Crippen molar-refractivity contribution in [2.75, 3.05) is 32.7 Å². The smallest absolute Gasteiger partial charge is 0.224 e. The Morgan fingerprint density at radius 1 is 1.23 bits per heavy atom. The number of nitrogens with one attached hydrogen (secondary N) is 2. The molecule has 1 aliphatic heterocycles. The first-order valence-corrected chi connectivity index (χ1v) is 10.5. The van der Waals surface area contributed by atoms with E-state index in [2.05, 4.69) is 57.8 Å². The standard InChI is InChI=1S/C20H29BrN4O/c1-2-22-19(23-12-9-18(26)25-13-5-6-14-25)24-15-20(10-11-20)16-7-3-4-8-17(16)21/h3-4,7-8H,2,5-6,9-15H2,1H3,(H2,22,23,24). The van der Waals surface area contributed by atoms with E-state index in [0.717, 1.165) is 45.0 Å². The summed E-state index contributed by atoms with van der Waals surface area (Å²) < 4.78 is 1.17. The van der Waals surface area contributed by atoms with Crippen molar-refractivity contribution >= 4 is 27.8 Å². The van der Waals surface area contributed by atoms with Gasteiger partial charge in [0, 0.05) is 42.5 Å². The van der Waals surface area contributed by atoms with E-state index in [1.807, 2.05) is 4.90 Å². The highest BCUT2D eigenvalue weighted by molar-refractivity contribution is 9.10. The average molecular weight is 421 g/mol. The highest BCUT2D eigenvalue weighted by Gasteiger charge is 2.45. The summed E-state index contributed by atoms with van der Waals surface area (Å²) in [5, 5.41) is 6.62.